The first-order valence-corrected chi connectivity index (χ1v) is 6.95. The minimum atomic E-state index is -0.741. The van der Waals surface area contributed by atoms with E-state index in [2.05, 4.69) is 0 Å². The van der Waals surface area contributed by atoms with Crippen molar-refractivity contribution in [2.75, 3.05) is 14.2 Å². The number of hydrogen-bond donors (Lipinski definition) is 1. The van der Waals surface area contributed by atoms with E-state index >= 15 is 0 Å². The molecule has 0 spiro atoms. The molecule has 3 nitrogen and oxygen atoms in total. The van der Waals surface area contributed by atoms with Crippen LogP contribution in [-0.2, 0) is 0 Å². The Morgan fingerprint density at radius 2 is 1.52 bits per heavy atom. The van der Waals surface area contributed by atoms with Crippen LogP contribution < -0.4 is 9.47 Å². The molecule has 2 aromatic carbocycles. The van der Waals surface area contributed by atoms with Crippen LogP contribution in [0.5, 0.6) is 11.5 Å². The van der Waals surface area contributed by atoms with Crippen LogP contribution in [0.2, 0.25) is 0 Å². The number of aliphatic hydroxyl groups is 1. The fraction of sp³-hybridized carbons (Fsp3) is 0.333. The molecule has 2 rings (SSSR count). The molecule has 21 heavy (non-hydrogen) atoms. The Kier molecular flexibility index (Phi) is 4.53. The van der Waals surface area contributed by atoms with Gasteiger partial charge < -0.3 is 14.6 Å². The highest BCUT2D eigenvalue weighted by molar-refractivity contribution is 5.49. The minimum Gasteiger partial charge on any atom is -0.496 e. The Hall–Kier alpha value is -2.00. The van der Waals surface area contributed by atoms with Crippen LogP contribution in [0.4, 0.5) is 0 Å². The summed E-state index contributed by atoms with van der Waals surface area (Å²) in [4.78, 5) is 0. The predicted octanol–water partition coefficient (Wildman–Crippen LogP) is 3.71. The van der Waals surface area contributed by atoms with E-state index in [-0.39, 0.29) is 0 Å². The van der Waals surface area contributed by atoms with E-state index in [1.807, 2.05) is 51.1 Å². The van der Waals surface area contributed by atoms with Gasteiger partial charge in [0.1, 0.15) is 17.6 Å². The molecule has 0 aliphatic carbocycles. The maximum Gasteiger partial charge on any atom is 0.125 e. The fourth-order valence-corrected chi connectivity index (χ4v) is 2.63. The first-order chi connectivity index (χ1) is 9.97. The summed E-state index contributed by atoms with van der Waals surface area (Å²) in [5.41, 5.74) is 4.76. The lowest BCUT2D eigenvalue weighted by Crippen LogP contribution is -2.06. The van der Waals surface area contributed by atoms with Crippen molar-refractivity contribution in [3.05, 3.63) is 58.1 Å². The normalized spacial score (nSPS) is 12.1. The van der Waals surface area contributed by atoms with E-state index in [9.17, 15) is 5.11 Å². The van der Waals surface area contributed by atoms with E-state index in [0.717, 1.165) is 33.6 Å². The molecule has 0 fully saturated rings. The maximum atomic E-state index is 10.8. The highest BCUT2D eigenvalue weighted by Crippen LogP contribution is 2.35. The third-order valence-corrected chi connectivity index (χ3v) is 3.73. The molecule has 112 valence electrons. The summed E-state index contributed by atoms with van der Waals surface area (Å²) in [6.07, 6.45) is -0.741. The van der Waals surface area contributed by atoms with Gasteiger partial charge in [0.25, 0.3) is 0 Å². The number of aryl methyl sites for hydroxylation is 3. The average molecular weight is 286 g/mol. The van der Waals surface area contributed by atoms with E-state index in [1.54, 1.807) is 14.2 Å². The number of benzene rings is 2. The number of hydrogen-bond acceptors (Lipinski definition) is 3. The van der Waals surface area contributed by atoms with Crippen molar-refractivity contribution < 1.29 is 14.6 Å². The zero-order chi connectivity index (χ0) is 15.6. The molecule has 0 bridgehead atoms. The van der Waals surface area contributed by atoms with Gasteiger partial charge in [-0.2, -0.15) is 0 Å². The van der Waals surface area contributed by atoms with Crippen molar-refractivity contribution in [1.82, 2.24) is 0 Å². The Balaban J connectivity index is 2.52. The van der Waals surface area contributed by atoms with Gasteiger partial charge in [0.2, 0.25) is 0 Å². The van der Waals surface area contributed by atoms with Crippen molar-refractivity contribution in [1.29, 1.82) is 0 Å². The summed E-state index contributed by atoms with van der Waals surface area (Å²) in [5, 5.41) is 10.8. The van der Waals surface area contributed by atoms with Crippen LogP contribution in [0.25, 0.3) is 0 Å². The quantitative estimate of drug-likeness (QED) is 0.931. The SMILES string of the molecule is COc1cc(C(O)c2c(C)cc(C)cc2OC)ccc1C. The monoisotopic (exact) mass is 286 g/mol. The molecule has 0 aromatic heterocycles. The molecule has 1 atom stereocenters. The standard InChI is InChI=1S/C18H22O3/c1-11-8-13(3)17(16(9-11)21-5)18(19)14-7-6-12(2)15(10-14)20-4/h6-10,18-19H,1-5H3. The van der Waals surface area contributed by atoms with Gasteiger partial charge >= 0.3 is 0 Å². The second-order valence-corrected chi connectivity index (χ2v) is 5.33. The van der Waals surface area contributed by atoms with Gasteiger partial charge in [0, 0.05) is 5.56 Å². The largest absolute Gasteiger partial charge is 0.496 e. The Labute approximate surface area is 126 Å². The lowest BCUT2D eigenvalue weighted by molar-refractivity contribution is 0.213. The minimum absolute atomic E-state index is 0.708. The first-order valence-electron chi connectivity index (χ1n) is 6.95. The van der Waals surface area contributed by atoms with Crippen molar-refractivity contribution in [2.24, 2.45) is 0 Å². The average Bonchev–Trinajstić information content (AvgIpc) is 2.46. The smallest absolute Gasteiger partial charge is 0.125 e. The number of aliphatic hydroxyl groups excluding tert-OH is 1. The molecule has 0 radical (unpaired) electrons. The van der Waals surface area contributed by atoms with E-state index in [0.29, 0.717) is 5.75 Å². The molecule has 3 heteroatoms. The maximum absolute atomic E-state index is 10.8. The topological polar surface area (TPSA) is 38.7 Å². The summed E-state index contributed by atoms with van der Waals surface area (Å²) >= 11 is 0. The molecule has 0 aliphatic rings. The molecular formula is C18H22O3. The highest BCUT2D eigenvalue weighted by atomic mass is 16.5. The Bertz CT molecular complexity index is 647. The van der Waals surface area contributed by atoms with E-state index in [1.165, 1.54) is 0 Å². The van der Waals surface area contributed by atoms with Crippen LogP contribution >= 0.6 is 0 Å². The molecule has 0 saturated heterocycles. The van der Waals surface area contributed by atoms with E-state index < -0.39 is 6.10 Å². The van der Waals surface area contributed by atoms with Crippen molar-refractivity contribution in [3.63, 3.8) is 0 Å². The van der Waals surface area contributed by atoms with Crippen LogP contribution in [-0.4, -0.2) is 19.3 Å². The van der Waals surface area contributed by atoms with E-state index in [4.69, 9.17) is 9.47 Å². The predicted molar refractivity (Wildman–Crippen MR) is 84.3 cm³/mol. The zero-order valence-electron chi connectivity index (χ0n) is 13.2. The van der Waals surface area contributed by atoms with Crippen molar-refractivity contribution >= 4 is 0 Å². The summed E-state index contributed by atoms with van der Waals surface area (Å²) in [7, 11) is 3.26. The molecule has 0 amide bonds. The second-order valence-electron chi connectivity index (χ2n) is 5.33. The van der Waals surface area contributed by atoms with Gasteiger partial charge in [0.05, 0.1) is 14.2 Å². The molecule has 1 unspecified atom stereocenters. The van der Waals surface area contributed by atoms with Crippen LogP contribution in [0, 0.1) is 20.8 Å². The molecular weight excluding hydrogens is 264 g/mol. The zero-order valence-corrected chi connectivity index (χ0v) is 13.2. The summed E-state index contributed by atoms with van der Waals surface area (Å²) in [6.45, 7) is 5.98. The molecule has 0 aliphatic heterocycles. The third-order valence-electron chi connectivity index (χ3n) is 3.73. The Morgan fingerprint density at radius 3 is 2.14 bits per heavy atom. The number of rotatable bonds is 4. The number of methoxy groups -OCH3 is 2. The van der Waals surface area contributed by atoms with Gasteiger partial charge in [-0.25, -0.2) is 0 Å². The number of ether oxygens (including phenoxy) is 2. The highest BCUT2D eigenvalue weighted by Gasteiger charge is 2.19. The van der Waals surface area contributed by atoms with Gasteiger partial charge in [-0.15, -0.1) is 0 Å². The summed E-state index contributed by atoms with van der Waals surface area (Å²) < 4.78 is 10.8. The molecule has 2 aromatic rings. The lowest BCUT2D eigenvalue weighted by atomic mass is 9.94. The third kappa shape index (κ3) is 3.03. The summed E-state index contributed by atoms with van der Waals surface area (Å²) in [6, 6.07) is 9.73. The van der Waals surface area contributed by atoms with Crippen molar-refractivity contribution in [2.45, 2.75) is 26.9 Å². The molecule has 1 N–H and O–H groups in total. The van der Waals surface area contributed by atoms with Gasteiger partial charge in [-0.1, -0.05) is 18.2 Å². The van der Waals surface area contributed by atoms with Crippen LogP contribution in [0.1, 0.15) is 33.9 Å². The van der Waals surface area contributed by atoms with Gasteiger partial charge in [-0.05, 0) is 55.2 Å². The second kappa shape index (κ2) is 6.19. The fourth-order valence-electron chi connectivity index (χ4n) is 2.63. The summed E-state index contributed by atoms with van der Waals surface area (Å²) in [5.74, 6) is 1.48. The Morgan fingerprint density at radius 1 is 0.857 bits per heavy atom. The van der Waals surface area contributed by atoms with Crippen LogP contribution in [0.3, 0.4) is 0 Å². The molecule has 0 heterocycles. The molecule has 0 saturated carbocycles. The van der Waals surface area contributed by atoms with Crippen molar-refractivity contribution in [3.8, 4) is 11.5 Å². The van der Waals surface area contributed by atoms with Gasteiger partial charge in [-0.3, -0.25) is 0 Å². The van der Waals surface area contributed by atoms with Gasteiger partial charge in [0.15, 0.2) is 0 Å². The lowest BCUT2D eigenvalue weighted by Gasteiger charge is -2.19. The van der Waals surface area contributed by atoms with Crippen LogP contribution in [0.15, 0.2) is 30.3 Å². The first kappa shape index (κ1) is 15.4.